The van der Waals surface area contributed by atoms with Crippen molar-refractivity contribution in [1.82, 2.24) is 10.9 Å². The molecule has 0 saturated carbocycles. The smallest absolute Gasteiger partial charge is 0.276 e. The zero-order valence-corrected chi connectivity index (χ0v) is 17.5. The highest BCUT2D eigenvalue weighted by atomic mass is 127. The molecule has 0 spiro atoms. The Hall–Kier alpha value is -2.09. The Balaban J connectivity index is 1.90. The van der Waals surface area contributed by atoms with E-state index in [0.717, 1.165) is 20.3 Å². The van der Waals surface area contributed by atoms with Crippen molar-refractivity contribution in [2.75, 3.05) is 6.61 Å². The first-order valence-corrected chi connectivity index (χ1v) is 9.44. The molecule has 2 N–H and O–H groups in total. The zero-order chi connectivity index (χ0) is 19.3. The summed E-state index contributed by atoms with van der Waals surface area (Å²) < 4.78 is 6.64. The summed E-state index contributed by atoms with van der Waals surface area (Å²) in [4.78, 5) is 24.1. The fourth-order valence-corrected chi connectivity index (χ4v) is 2.87. The van der Waals surface area contributed by atoms with Crippen LogP contribution in [-0.4, -0.2) is 18.4 Å². The van der Waals surface area contributed by atoms with Crippen LogP contribution in [0.2, 0.25) is 0 Å². The van der Waals surface area contributed by atoms with Gasteiger partial charge in [0.05, 0.1) is 0 Å². The number of carbonyl (C=O) groups excluding carboxylic acids is 2. The molecule has 6 heteroatoms. The Morgan fingerprint density at radius 1 is 1.08 bits per heavy atom. The molecule has 0 saturated heterocycles. The summed E-state index contributed by atoms with van der Waals surface area (Å²) in [5.41, 5.74) is 8.48. The average molecular weight is 466 g/mol. The molecule has 0 atom stereocenters. The number of amides is 2. The molecule has 2 aromatic carbocycles. The minimum Gasteiger partial charge on any atom is -0.483 e. The minimum atomic E-state index is -0.420. The van der Waals surface area contributed by atoms with Crippen LogP contribution >= 0.6 is 22.6 Å². The molecule has 5 nitrogen and oxygen atoms in total. The number of nitrogens with one attached hydrogen (secondary N) is 2. The van der Waals surface area contributed by atoms with Crippen molar-refractivity contribution >= 4 is 34.4 Å². The highest BCUT2D eigenvalue weighted by molar-refractivity contribution is 14.1. The average Bonchev–Trinajstić information content (AvgIpc) is 2.59. The van der Waals surface area contributed by atoms with E-state index in [4.69, 9.17) is 4.74 Å². The van der Waals surface area contributed by atoms with Crippen LogP contribution in [0.3, 0.4) is 0 Å². The van der Waals surface area contributed by atoms with E-state index >= 15 is 0 Å². The van der Waals surface area contributed by atoms with Gasteiger partial charge in [0.2, 0.25) is 0 Å². The van der Waals surface area contributed by atoms with Crippen molar-refractivity contribution in [3.63, 3.8) is 0 Å². The summed E-state index contributed by atoms with van der Waals surface area (Å²) in [5, 5.41) is 0. The molecule has 0 heterocycles. The van der Waals surface area contributed by atoms with E-state index in [2.05, 4.69) is 47.3 Å². The molecule has 138 valence electrons. The third-order valence-corrected chi connectivity index (χ3v) is 5.06. The van der Waals surface area contributed by atoms with Gasteiger partial charge in [-0.25, -0.2) is 0 Å². The number of aryl methyl sites for hydroxylation is 2. The van der Waals surface area contributed by atoms with Gasteiger partial charge in [0, 0.05) is 9.13 Å². The fourth-order valence-electron chi connectivity index (χ4n) is 2.36. The van der Waals surface area contributed by atoms with Crippen LogP contribution in [0.5, 0.6) is 5.75 Å². The Labute approximate surface area is 167 Å². The molecule has 26 heavy (non-hydrogen) atoms. The SMILES string of the molecule is Cc1ccc(C(C)C)c(OCC(=O)NNC(=O)c2ccc(C)c(I)c2)c1. The van der Waals surface area contributed by atoms with Gasteiger partial charge in [-0.15, -0.1) is 0 Å². The normalized spacial score (nSPS) is 10.5. The number of hydrogen-bond acceptors (Lipinski definition) is 3. The fraction of sp³-hybridized carbons (Fsp3) is 0.300. The Kier molecular flexibility index (Phi) is 7.02. The van der Waals surface area contributed by atoms with Gasteiger partial charge >= 0.3 is 0 Å². The van der Waals surface area contributed by atoms with E-state index in [1.165, 1.54) is 0 Å². The number of hydrogen-bond donors (Lipinski definition) is 2. The van der Waals surface area contributed by atoms with Gasteiger partial charge in [-0.3, -0.25) is 20.4 Å². The molecule has 2 rings (SSSR count). The van der Waals surface area contributed by atoms with Crippen molar-refractivity contribution in [3.05, 3.63) is 62.2 Å². The molecule has 0 bridgehead atoms. The van der Waals surface area contributed by atoms with E-state index in [1.54, 1.807) is 12.1 Å². The summed E-state index contributed by atoms with van der Waals surface area (Å²) in [6.07, 6.45) is 0. The number of carbonyl (C=O) groups is 2. The Morgan fingerprint density at radius 2 is 1.81 bits per heavy atom. The number of rotatable bonds is 5. The topological polar surface area (TPSA) is 67.4 Å². The lowest BCUT2D eigenvalue weighted by molar-refractivity contribution is -0.123. The second-order valence-electron chi connectivity index (χ2n) is 6.45. The minimum absolute atomic E-state index is 0.172. The van der Waals surface area contributed by atoms with Crippen LogP contribution in [0.1, 0.15) is 46.8 Å². The van der Waals surface area contributed by atoms with E-state index in [9.17, 15) is 9.59 Å². The lowest BCUT2D eigenvalue weighted by Crippen LogP contribution is -2.43. The summed E-state index contributed by atoms with van der Waals surface area (Å²) in [7, 11) is 0. The summed E-state index contributed by atoms with van der Waals surface area (Å²) in [6, 6.07) is 11.3. The van der Waals surface area contributed by atoms with Gasteiger partial charge in [-0.1, -0.05) is 32.0 Å². The largest absolute Gasteiger partial charge is 0.483 e. The van der Waals surface area contributed by atoms with Crippen molar-refractivity contribution in [3.8, 4) is 5.75 Å². The van der Waals surface area contributed by atoms with Crippen LogP contribution in [0, 0.1) is 17.4 Å². The molecular formula is C20H23IN2O3. The van der Waals surface area contributed by atoms with Gasteiger partial charge in [0.25, 0.3) is 11.8 Å². The zero-order valence-electron chi connectivity index (χ0n) is 15.4. The molecule has 0 fully saturated rings. The molecule has 0 unspecified atom stereocenters. The lowest BCUT2D eigenvalue weighted by atomic mass is 10.0. The third kappa shape index (κ3) is 5.45. The maximum absolute atomic E-state index is 12.1. The molecule has 2 amide bonds. The van der Waals surface area contributed by atoms with Crippen LogP contribution < -0.4 is 15.6 Å². The van der Waals surface area contributed by atoms with Gasteiger partial charge < -0.3 is 4.74 Å². The standard InChI is InChI=1S/C20H23IN2O3/c1-12(2)16-8-5-13(3)9-18(16)26-11-19(24)22-23-20(25)15-7-6-14(4)17(21)10-15/h5-10,12H,11H2,1-4H3,(H,22,24)(H,23,25). The molecule has 0 aliphatic rings. The Bertz CT molecular complexity index is 819. The van der Waals surface area contributed by atoms with Gasteiger partial charge in [0.1, 0.15) is 5.75 Å². The van der Waals surface area contributed by atoms with Gasteiger partial charge in [-0.05, 0) is 77.2 Å². The van der Waals surface area contributed by atoms with E-state index in [-0.39, 0.29) is 18.4 Å². The Morgan fingerprint density at radius 3 is 2.46 bits per heavy atom. The predicted octanol–water partition coefficient (Wildman–Crippen LogP) is 3.87. The molecule has 2 aromatic rings. The first kappa shape index (κ1) is 20.2. The van der Waals surface area contributed by atoms with Gasteiger partial charge in [-0.2, -0.15) is 0 Å². The summed E-state index contributed by atoms with van der Waals surface area (Å²) >= 11 is 2.17. The molecule has 0 aliphatic carbocycles. The van der Waals surface area contributed by atoms with E-state index < -0.39 is 5.91 Å². The monoisotopic (exact) mass is 466 g/mol. The van der Waals surface area contributed by atoms with Crippen LogP contribution in [0.25, 0.3) is 0 Å². The predicted molar refractivity (Wildman–Crippen MR) is 110 cm³/mol. The highest BCUT2D eigenvalue weighted by Gasteiger charge is 2.12. The highest BCUT2D eigenvalue weighted by Crippen LogP contribution is 2.27. The van der Waals surface area contributed by atoms with E-state index in [1.807, 2.05) is 38.1 Å². The second-order valence-corrected chi connectivity index (χ2v) is 7.61. The van der Waals surface area contributed by atoms with E-state index in [0.29, 0.717) is 11.3 Å². The summed E-state index contributed by atoms with van der Waals surface area (Å²) in [6.45, 7) is 7.91. The van der Waals surface area contributed by atoms with Crippen LogP contribution in [0.15, 0.2) is 36.4 Å². The van der Waals surface area contributed by atoms with Crippen LogP contribution in [0.4, 0.5) is 0 Å². The number of ether oxygens (including phenoxy) is 1. The molecule has 0 aliphatic heterocycles. The number of benzene rings is 2. The van der Waals surface area contributed by atoms with Crippen molar-refractivity contribution in [2.24, 2.45) is 0 Å². The maximum atomic E-state index is 12.1. The first-order chi connectivity index (χ1) is 12.3. The molecular weight excluding hydrogens is 443 g/mol. The molecule has 0 aromatic heterocycles. The summed E-state index contributed by atoms with van der Waals surface area (Å²) in [5.74, 6) is 0.193. The third-order valence-electron chi connectivity index (χ3n) is 3.90. The lowest BCUT2D eigenvalue weighted by Gasteiger charge is -2.15. The molecule has 0 radical (unpaired) electrons. The number of hydrazine groups is 1. The van der Waals surface area contributed by atoms with Crippen molar-refractivity contribution < 1.29 is 14.3 Å². The van der Waals surface area contributed by atoms with Crippen molar-refractivity contribution in [1.29, 1.82) is 0 Å². The maximum Gasteiger partial charge on any atom is 0.276 e. The number of halogens is 1. The van der Waals surface area contributed by atoms with Crippen molar-refractivity contribution in [2.45, 2.75) is 33.6 Å². The second kappa shape index (κ2) is 9.02. The van der Waals surface area contributed by atoms with Gasteiger partial charge in [0.15, 0.2) is 6.61 Å². The first-order valence-electron chi connectivity index (χ1n) is 8.36. The van der Waals surface area contributed by atoms with Crippen LogP contribution in [-0.2, 0) is 4.79 Å². The quantitative estimate of drug-likeness (QED) is 0.520.